The number of nitrogens with one attached hydrogen (secondary N) is 1. The Morgan fingerprint density at radius 2 is 1.68 bits per heavy atom. The molecule has 0 aliphatic carbocycles. The number of nitrogens with zero attached hydrogens (tertiary/aromatic N) is 1. The number of carbonyl (C=O) groups excluding carboxylic acids is 2. The van der Waals surface area contributed by atoms with Gasteiger partial charge in [-0.2, -0.15) is 5.10 Å². The minimum atomic E-state index is -0.527. The van der Waals surface area contributed by atoms with Crippen LogP contribution >= 0.6 is 15.9 Å². The van der Waals surface area contributed by atoms with E-state index in [1.807, 2.05) is 37.3 Å². The Morgan fingerprint density at radius 1 is 0.921 bits per heavy atom. The third-order valence-electron chi connectivity index (χ3n) is 5.39. The highest BCUT2D eigenvalue weighted by Gasteiger charge is 2.14. The van der Waals surface area contributed by atoms with Crippen LogP contribution < -0.4 is 24.4 Å². The van der Waals surface area contributed by atoms with Crippen molar-refractivity contribution in [1.82, 2.24) is 5.43 Å². The van der Waals surface area contributed by atoms with Gasteiger partial charge < -0.3 is 18.9 Å². The molecule has 0 heterocycles. The van der Waals surface area contributed by atoms with E-state index in [-0.39, 0.29) is 12.4 Å². The topological polar surface area (TPSA) is 95.5 Å². The van der Waals surface area contributed by atoms with Gasteiger partial charge in [-0.3, -0.25) is 4.79 Å². The van der Waals surface area contributed by atoms with Crippen LogP contribution in [0.15, 0.2) is 88.4 Å². The number of hydrazone groups is 1. The van der Waals surface area contributed by atoms with E-state index in [2.05, 4.69) is 26.5 Å². The molecule has 0 aromatic heterocycles. The van der Waals surface area contributed by atoms with Crippen LogP contribution in [0.4, 0.5) is 0 Å². The number of hydrogen-bond acceptors (Lipinski definition) is 7. The van der Waals surface area contributed by atoms with Crippen LogP contribution in [-0.4, -0.2) is 38.4 Å². The highest BCUT2D eigenvalue weighted by molar-refractivity contribution is 9.10. The fraction of sp³-hybridized carbons (Fsp3) is 0.138. The Balaban J connectivity index is 1.35. The SMILES string of the molecule is CCOc1cc(/C=N/NC(=O)COc2ccc3ccccc3c2Br)ccc1OC(=O)c1ccc(OC)cc1. The lowest BCUT2D eigenvalue weighted by atomic mass is 10.1. The number of amides is 1. The van der Waals surface area contributed by atoms with E-state index in [0.29, 0.717) is 35.0 Å². The zero-order valence-electron chi connectivity index (χ0n) is 20.8. The van der Waals surface area contributed by atoms with Crippen molar-refractivity contribution < 1.29 is 28.5 Å². The van der Waals surface area contributed by atoms with Crippen LogP contribution in [0.2, 0.25) is 0 Å². The van der Waals surface area contributed by atoms with E-state index in [9.17, 15) is 9.59 Å². The van der Waals surface area contributed by atoms with Crippen molar-refractivity contribution in [3.05, 3.63) is 94.5 Å². The number of hydrogen-bond donors (Lipinski definition) is 1. The van der Waals surface area contributed by atoms with Crippen LogP contribution in [0, 0.1) is 0 Å². The van der Waals surface area contributed by atoms with Crippen molar-refractivity contribution in [3.8, 4) is 23.0 Å². The Labute approximate surface area is 228 Å². The molecule has 194 valence electrons. The first-order valence-electron chi connectivity index (χ1n) is 11.7. The summed E-state index contributed by atoms with van der Waals surface area (Å²) in [5.41, 5.74) is 3.45. The van der Waals surface area contributed by atoms with E-state index in [0.717, 1.165) is 15.2 Å². The van der Waals surface area contributed by atoms with Gasteiger partial charge in [0.15, 0.2) is 18.1 Å². The number of rotatable bonds is 10. The van der Waals surface area contributed by atoms with E-state index < -0.39 is 11.9 Å². The molecule has 0 aliphatic rings. The first-order valence-corrected chi connectivity index (χ1v) is 12.5. The molecule has 38 heavy (non-hydrogen) atoms. The van der Waals surface area contributed by atoms with E-state index in [1.54, 1.807) is 55.6 Å². The van der Waals surface area contributed by atoms with Crippen molar-refractivity contribution in [2.45, 2.75) is 6.92 Å². The summed E-state index contributed by atoms with van der Waals surface area (Å²) >= 11 is 3.54. The smallest absolute Gasteiger partial charge is 0.343 e. The van der Waals surface area contributed by atoms with Gasteiger partial charge in [0.2, 0.25) is 0 Å². The molecule has 0 unspecified atom stereocenters. The molecule has 0 radical (unpaired) electrons. The van der Waals surface area contributed by atoms with Gasteiger partial charge in [-0.05, 0) is 87.7 Å². The third-order valence-corrected chi connectivity index (χ3v) is 6.20. The minimum absolute atomic E-state index is 0.210. The highest BCUT2D eigenvalue weighted by Crippen LogP contribution is 2.33. The number of methoxy groups -OCH3 is 1. The molecule has 0 saturated heterocycles. The molecule has 1 amide bonds. The molecule has 4 rings (SSSR count). The molecule has 0 atom stereocenters. The predicted octanol–water partition coefficient (Wildman–Crippen LogP) is 5.76. The van der Waals surface area contributed by atoms with Crippen LogP contribution in [-0.2, 0) is 4.79 Å². The average molecular weight is 577 g/mol. The molecular weight excluding hydrogens is 552 g/mol. The predicted molar refractivity (Wildman–Crippen MR) is 148 cm³/mol. The zero-order chi connectivity index (χ0) is 26.9. The van der Waals surface area contributed by atoms with Crippen LogP contribution in [0.1, 0.15) is 22.8 Å². The first-order chi connectivity index (χ1) is 18.5. The summed E-state index contributed by atoms with van der Waals surface area (Å²) in [5.74, 6) is 0.887. The van der Waals surface area contributed by atoms with Gasteiger partial charge in [0, 0.05) is 0 Å². The molecular formula is C29H25BrN2O6. The summed E-state index contributed by atoms with van der Waals surface area (Å²) in [5, 5.41) is 6.05. The lowest BCUT2D eigenvalue weighted by molar-refractivity contribution is -0.123. The van der Waals surface area contributed by atoms with Crippen molar-refractivity contribution in [2.75, 3.05) is 20.3 Å². The lowest BCUT2D eigenvalue weighted by Gasteiger charge is -2.11. The fourth-order valence-electron chi connectivity index (χ4n) is 3.52. The number of carbonyl (C=O) groups is 2. The summed E-state index contributed by atoms with van der Waals surface area (Å²) in [7, 11) is 1.55. The van der Waals surface area contributed by atoms with Crippen LogP contribution in [0.25, 0.3) is 10.8 Å². The lowest BCUT2D eigenvalue weighted by Crippen LogP contribution is -2.24. The van der Waals surface area contributed by atoms with E-state index >= 15 is 0 Å². The number of halogens is 1. The summed E-state index contributed by atoms with van der Waals surface area (Å²) in [6.07, 6.45) is 1.46. The Hall–Kier alpha value is -4.37. The van der Waals surface area contributed by atoms with Crippen molar-refractivity contribution >= 4 is 44.8 Å². The van der Waals surface area contributed by atoms with Gasteiger partial charge in [0.25, 0.3) is 5.91 Å². The normalized spacial score (nSPS) is 10.8. The van der Waals surface area contributed by atoms with Crippen molar-refractivity contribution in [2.24, 2.45) is 5.10 Å². The molecule has 4 aromatic rings. The molecule has 0 spiro atoms. The van der Waals surface area contributed by atoms with Gasteiger partial charge in [0.1, 0.15) is 11.5 Å². The molecule has 0 bridgehead atoms. The Morgan fingerprint density at radius 3 is 2.45 bits per heavy atom. The second-order valence-electron chi connectivity index (χ2n) is 7.94. The first kappa shape index (κ1) is 26.7. The second kappa shape index (κ2) is 12.7. The average Bonchev–Trinajstić information content (AvgIpc) is 2.94. The second-order valence-corrected chi connectivity index (χ2v) is 8.73. The monoisotopic (exact) mass is 576 g/mol. The van der Waals surface area contributed by atoms with Gasteiger partial charge in [-0.1, -0.05) is 30.3 Å². The number of esters is 1. The largest absolute Gasteiger partial charge is 0.497 e. The molecule has 1 N–H and O–H groups in total. The van der Waals surface area contributed by atoms with Crippen molar-refractivity contribution in [1.29, 1.82) is 0 Å². The third kappa shape index (κ3) is 6.68. The maximum Gasteiger partial charge on any atom is 0.343 e. The quantitative estimate of drug-likeness (QED) is 0.112. The number of benzene rings is 4. The summed E-state index contributed by atoms with van der Waals surface area (Å²) < 4.78 is 22.7. The highest BCUT2D eigenvalue weighted by atomic mass is 79.9. The molecule has 0 aliphatic heterocycles. The fourth-order valence-corrected chi connectivity index (χ4v) is 4.13. The van der Waals surface area contributed by atoms with Crippen LogP contribution in [0.5, 0.6) is 23.0 Å². The minimum Gasteiger partial charge on any atom is -0.497 e. The zero-order valence-corrected chi connectivity index (χ0v) is 22.4. The van der Waals surface area contributed by atoms with Gasteiger partial charge in [-0.25, -0.2) is 10.2 Å². The molecule has 9 heteroatoms. The van der Waals surface area contributed by atoms with Gasteiger partial charge >= 0.3 is 5.97 Å². The summed E-state index contributed by atoms with van der Waals surface area (Å²) in [6, 6.07) is 23.2. The maximum atomic E-state index is 12.5. The molecule has 8 nitrogen and oxygen atoms in total. The van der Waals surface area contributed by atoms with Crippen LogP contribution in [0.3, 0.4) is 0 Å². The standard InChI is InChI=1S/C29H25BrN2O6/c1-3-36-26-16-19(8-14-24(26)38-29(34)21-9-12-22(35-2)13-10-21)17-31-32-27(33)18-37-25-15-11-20-6-4-5-7-23(20)28(25)30/h4-17H,3,18H2,1-2H3,(H,32,33)/b31-17+. The molecule has 0 saturated carbocycles. The van der Waals surface area contributed by atoms with Gasteiger partial charge in [0.05, 0.1) is 30.0 Å². The van der Waals surface area contributed by atoms with E-state index in [1.165, 1.54) is 6.21 Å². The Kier molecular flexibility index (Phi) is 8.94. The Bertz CT molecular complexity index is 1470. The van der Waals surface area contributed by atoms with Gasteiger partial charge in [-0.15, -0.1) is 0 Å². The van der Waals surface area contributed by atoms with Crippen molar-refractivity contribution in [3.63, 3.8) is 0 Å². The maximum absolute atomic E-state index is 12.5. The number of fused-ring (bicyclic) bond motifs is 1. The molecule has 4 aromatic carbocycles. The summed E-state index contributed by atoms with van der Waals surface area (Å²) in [6.45, 7) is 1.98. The summed E-state index contributed by atoms with van der Waals surface area (Å²) in [4.78, 5) is 24.8. The number of ether oxygens (including phenoxy) is 4. The van der Waals surface area contributed by atoms with E-state index in [4.69, 9.17) is 18.9 Å². The molecule has 0 fully saturated rings.